The molecule has 2 aromatic carbocycles. The van der Waals surface area contributed by atoms with E-state index in [1.54, 1.807) is 16.8 Å². The van der Waals surface area contributed by atoms with Gasteiger partial charge in [0.15, 0.2) is 11.5 Å². The van der Waals surface area contributed by atoms with Gasteiger partial charge in [0.25, 0.3) is 5.91 Å². The van der Waals surface area contributed by atoms with Crippen LogP contribution in [0.15, 0.2) is 36.4 Å². The number of carbonyl (C=O) groups is 1. The van der Waals surface area contributed by atoms with Gasteiger partial charge in [0.05, 0.1) is 42.7 Å². The van der Waals surface area contributed by atoms with Gasteiger partial charge in [0.1, 0.15) is 5.82 Å². The lowest BCUT2D eigenvalue weighted by Gasteiger charge is -2.17. The Hall–Kier alpha value is -3.33. The van der Waals surface area contributed by atoms with E-state index < -0.39 is 10.8 Å². The first-order valence-corrected chi connectivity index (χ1v) is 12.8. The molecule has 180 valence electrons. The normalized spacial score (nSPS) is 14.5. The van der Waals surface area contributed by atoms with E-state index in [1.165, 1.54) is 0 Å². The van der Waals surface area contributed by atoms with Crippen LogP contribution in [0.1, 0.15) is 48.0 Å². The molecule has 0 saturated carbocycles. The molecule has 2 heterocycles. The van der Waals surface area contributed by atoms with Crippen molar-refractivity contribution >= 4 is 22.5 Å². The molecule has 1 aliphatic heterocycles. The van der Waals surface area contributed by atoms with Crippen molar-refractivity contribution in [2.45, 2.75) is 39.2 Å². The predicted octanol–water partition coefficient (Wildman–Crippen LogP) is 4.39. The first-order valence-electron chi connectivity index (χ1n) is 11.4. The second kappa shape index (κ2) is 10.3. The van der Waals surface area contributed by atoms with E-state index in [0.29, 0.717) is 60.0 Å². The monoisotopic (exact) mass is 483 g/mol. The second-order valence-corrected chi connectivity index (χ2v) is 9.26. The number of rotatable bonds is 9. The van der Waals surface area contributed by atoms with Crippen molar-refractivity contribution < 1.29 is 23.2 Å². The molecule has 34 heavy (non-hydrogen) atoms. The largest absolute Gasteiger partial charge is 0.490 e. The number of amides is 1. The molecule has 1 aromatic heterocycles. The van der Waals surface area contributed by atoms with Crippen LogP contribution in [0.4, 0.5) is 5.82 Å². The number of ether oxygens (including phenoxy) is 3. The van der Waals surface area contributed by atoms with E-state index >= 15 is 0 Å². The lowest BCUT2D eigenvalue weighted by atomic mass is 10.1. The van der Waals surface area contributed by atoms with Gasteiger partial charge in [-0.3, -0.25) is 9.00 Å². The maximum absolute atomic E-state index is 13.4. The summed E-state index contributed by atoms with van der Waals surface area (Å²) in [6, 6.07) is 11.2. The molecule has 0 fully saturated rings. The zero-order chi connectivity index (χ0) is 24.2. The quantitative estimate of drug-likeness (QED) is 0.485. The molecule has 1 N–H and O–H groups in total. The summed E-state index contributed by atoms with van der Waals surface area (Å²) in [5.74, 6) is 2.27. The molecule has 0 radical (unpaired) electrons. The molecule has 1 aliphatic rings. The number of hydrogen-bond donors (Lipinski definition) is 1. The Morgan fingerprint density at radius 1 is 1.00 bits per heavy atom. The van der Waals surface area contributed by atoms with Crippen LogP contribution in [-0.2, 0) is 22.3 Å². The van der Waals surface area contributed by atoms with Gasteiger partial charge in [-0.2, -0.15) is 5.10 Å². The molecule has 8 nitrogen and oxygen atoms in total. The van der Waals surface area contributed by atoms with E-state index in [1.807, 2.05) is 52.0 Å². The molecule has 0 aliphatic carbocycles. The number of carbonyl (C=O) groups excluding carboxylic acids is 1. The number of benzene rings is 2. The maximum Gasteiger partial charge on any atom is 0.257 e. The minimum atomic E-state index is -1.03. The highest BCUT2D eigenvalue weighted by Crippen LogP contribution is 2.40. The molecule has 9 heteroatoms. The molecule has 0 saturated heterocycles. The number of nitrogens with one attached hydrogen (secondary N) is 1. The Morgan fingerprint density at radius 2 is 1.62 bits per heavy atom. The van der Waals surface area contributed by atoms with E-state index in [0.717, 1.165) is 22.5 Å². The number of aryl methyl sites for hydroxylation is 1. The molecular formula is C25H29N3O5S. The zero-order valence-electron chi connectivity index (χ0n) is 19.8. The molecule has 3 aromatic rings. The van der Waals surface area contributed by atoms with E-state index in [9.17, 15) is 9.00 Å². The summed E-state index contributed by atoms with van der Waals surface area (Å²) in [5.41, 5.74) is 3.84. The number of anilines is 1. The summed E-state index contributed by atoms with van der Waals surface area (Å²) in [7, 11) is -1.03. The third kappa shape index (κ3) is 4.79. The van der Waals surface area contributed by atoms with Gasteiger partial charge in [0, 0.05) is 21.9 Å². The Balaban J connectivity index is 1.74. The topological polar surface area (TPSA) is 91.7 Å². The van der Waals surface area contributed by atoms with Gasteiger partial charge in [-0.25, -0.2) is 4.68 Å². The first kappa shape index (κ1) is 23.8. The van der Waals surface area contributed by atoms with Crippen molar-refractivity contribution in [3.05, 3.63) is 58.8 Å². The molecule has 1 atom stereocenters. The van der Waals surface area contributed by atoms with E-state index in [2.05, 4.69) is 10.4 Å². The molecular weight excluding hydrogens is 454 g/mol. The minimum absolute atomic E-state index is 0.348. The van der Waals surface area contributed by atoms with Crippen LogP contribution in [0, 0.1) is 6.92 Å². The second-order valence-electron chi connectivity index (χ2n) is 7.80. The summed E-state index contributed by atoms with van der Waals surface area (Å²) in [6.45, 7) is 8.88. The molecule has 0 spiro atoms. The van der Waals surface area contributed by atoms with Crippen molar-refractivity contribution in [2.75, 3.05) is 25.1 Å². The summed E-state index contributed by atoms with van der Waals surface area (Å²) >= 11 is 0. The van der Waals surface area contributed by atoms with Gasteiger partial charge in [-0.1, -0.05) is 17.7 Å². The highest BCUT2D eigenvalue weighted by atomic mass is 32.2. The smallest absolute Gasteiger partial charge is 0.257 e. The van der Waals surface area contributed by atoms with Crippen molar-refractivity contribution in [1.29, 1.82) is 0 Å². The van der Waals surface area contributed by atoms with Crippen LogP contribution in [0.2, 0.25) is 0 Å². The highest BCUT2D eigenvalue weighted by Gasteiger charge is 2.29. The van der Waals surface area contributed by atoms with E-state index in [4.69, 9.17) is 14.2 Å². The lowest BCUT2D eigenvalue weighted by Crippen LogP contribution is -2.17. The first-order chi connectivity index (χ1) is 16.4. The number of nitrogens with zero attached hydrogens (tertiary/aromatic N) is 2. The van der Waals surface area contributed by atoms with Gasteiger partial charge < -0.3 is 19.5 Å². The fourth-order valence-corrected chi connectivity index (χ4v) is 5.09. The average Bonchev–Trinajstić information content (AvgIpc) is 3.33. The standard InChI is InChI=1S/C25H29N3O5S/c1-5-31-21-12-17(13-22(32-6-2)23(21)33-7-3)25(29)26-24-19-14-34(30)15-20(19)27-28(24)18-10-8-16(4)9-11-18/h8-13H,5-7,14-15H2,1-4H3,(H,26,29). The third-order valence-corrected chi connectivity index (χ3v) is 6.56. The fourth-order valence-electron chi connectivity index (χ4n) is 3.83. The van der Waals surface area contributed by atoms with Crippen LogP contribution < -0.4 is 19.5 Å². The average molecular weight is 484 g/mol. The van der Waals surface area contributed by atoms with Gasteiger partial charge >= 0.3 is 0 Å². The van der Waals surface area contributed by atoms with Crippen LogP contribution in [0.25, 0.3) is 5.69 Å². The van der Waals surface area contributed by atoms with Crippen LogP contribution in [0.3, 0.4) is 0 Å². The van der Waals surface area contributed by atoms with Crippen LogP contribution in [0.5, 0.6) is 17.2 Å². The van der Waals surface area contributed by atoms with Gasteiger partial charge in [-0.15, -0.1) is 0 Å². The Morgan fingerprint density at radius 3 is 2.21 bits per heavy atom. The van der Waals surface area contributed by atoms with E-state index in [-0.39, 0.29) is 5.91 Å². The predicted molar refractivity (Wildman–Crippen MR) is 132 cm³/mol. The number of hydrogen-bond acceptors (Lipinski definition) is 6. The van der Waals surface area contributed by atoms with Gasteiger partial charge in [0.2, 0.25) is 5.75 Å². The summed E-state index contributed by atoms with van der Waals surface area (Å²) in [5, 5.41) is 7.67. The lowest BCUT2D eigenvalue weighted by molar-refractivity contribution is 0.102. The third-order valence-electron chi connectivity index (χ3n) is 5.35. The molecule has 4 rings (SSSR count). The van der Waals surface area contributed by atoms with Crippen molar-refractivity contribution in [3.8, 4) is 22.9 Å². The number of aromatic nitrogens is 2. The Kier molecular flexibility index (Phi) is 7.21. The van der Waals surface area contributed by atoms with Gasteiger partial charge in [-0.05, 0) is 52.0 Å². The Labute approximate surface area is 201 Å². The van der Waals surface area contributed by atoms with Crippen LogP contribution >= 0.6 is 0 Å². The molecule has 1 amide bonds. The van der Waals surface area contributed by atoms with Crippen molar-refractivity contribution in [3.63, 3.8) is 0 Å². The zero-order valence-corrected chi connectivity index (χ0v) is 20.7. The SMILES string of the molecule is CCOc1cc(C(=O)Nc2c3c(nn2-c2ccc(C)cc2)CS(=O)C3)cc(OCC)c1OCC. The highest BCUT2D eigenvalue weighted by molar-refractivity contribution is 7.83. The van der Waals surface area contributed by atoms with Crippen molar-refractivity contribution in [1.82, 2.24) is 9.78 Å². The maximum atomic E-state index is 13.4. The fraction of sp³-hybridized carbons (Fsp3) is 0.360. The Bertz CT molecular complexity index is 1190. The van der Waals surface area contributed by atoms with Crippen molar-refractivity contribution in [2.24, 2.45) is 0 Å². The van der Waals surface area contributed by atoms with Crippen LogP contribution in [-0.4, -0.2) is 39.7 Å². The summed E-state index contributed by atoms with van der Waals surface area (Å²) < 4.78 is 31.2. The number of fused-ring (bicyclic) bond motifs is 1. The minimum Gasteiger partial charge on any atom is -0.490 e. The summed E-state index contributed by atoms with van der Waals surface area (Å²) in [6.07, 6.45) is 0. The molecule has 0 bridgehead atoms. The molecule has 1 unspecified atom stereocenters. The summed E-state index contributed by atoms with van der Waals surface area (Å²) in [4.78, 5) is 13.4.